The standard InChI is InChI=1S/C27H31N3O4.C2H2O4/c1-33-20-6-7-24-23(15-20)22(8-11-28-24)25(32)17-30-12-9-27(18-31,10-13-30)29-16-21-14-19-4-2-3-5-26(19)34-21;3-1(4)2(5)6/h2-8,11,14-15,25,29,31-32H,9-10,12-13,16-18H2,1H3;(H,3,4)(H,5,6)/t25-;/m0./s1. The van der Waals surface area contributed by atoms with Crippen molar-refractivity contribution in [3.63, 3.8) is 0 Å². The number of piperidine rings is 1. The quantitative estimate of drug-likeness (QED) is 0.204. The van der Waals surface area contributed by atoms with Crippen molar-refractivity contribution in [2.75, 3.05) is 33.4 Å². The molecule has 5 N–H and O–H groups in total. The van der Waals surface area contributed by atoms with Crippen molar-refractivity contribution in [1.29, 1.82) is 0 Å². The molecule has 0 bridgehead atoms. The van der Waals surface area contributed by atoms with E-state index in [1.165, 1.54) is 0 Å². The van der Waals surface area contributed by atoms with Crippen molar-refractivity contribution >= 4 is 33.8 Å². The lowest BCUT2D eigenvalue weighted by molar-refractivity contribution is -0.159. The van der Waals surface area contributed by atoms with Gasteiger partial charge in [-0.05, 0) is 54.8 Å². The second kappa shape index (κ2) is 12.9. The molecule has 1 fully saturated rings. The number of methoxy groups -OCH3 is 1. The van der Waals surface area contributed by atoms with Crippen LogP contribution in [0.2, 0.25) is 0 Å². The first-order chi connectivity index (χ1) is 19.2. The Bertz CT molecular complexity index is 1420. The fraction of sp³-hybridized carbons (Fsp3) is 0.345. The van der Waals surface area contributed by atoms with Crippen LogP contribution in [-0.4, -0.2) is 81.1 Å². The van der Waals surface area contributed by atoms with Gasteiger partial charge in [0.15, 0.2) is 0 Å². The van der Waals surface area contributed by atoms with Crippen molar-refractivity contribution in [3.05, 3.63) is 72.1 Å². The molecule has 4 aromatic rings. The summed E-state index contributed by atoms with van der Waals surface area (Å²) in [6.07, 6.45) is 2.69. The molecule has 1 atom stereocenters. The average Bonchev–Trinajstić information content (AvgIpc) is 3.40. The van der Waals surface area contributed by atoms with Crippen LogP contribution in [0.4, 0.5) is 0 Å². The Hall–Kier alpha value is -4.03. The zero-order valence-corrected chi connectivity index (χ0v) is 22.1. The molecule has 2 aromatic carbocycles. The number of carboxylic acid groups (broad SMARTS) is 2. The number of benzene rings is 2. The molecule has 0 unspecified atom stereocenters. The van der Waals surface area contributed by atoms with E-state index in [9.17, 15) is 10.2 Å². The van der Waals surface area contributed by atoms with Crippen LogP contribution < -0.4 is 10.1 Å². The van der Waals surface area contributed by atoms with Crippen LogP contribution >= 0.6 is 0 Å². The summed E-state index contributed by atoms with van der Waals surface area (Å²) in [4.78, 5) is 24.9. The first-order valence-corrected chi connectivity index (χ1v) is 12.9. The SMILES string of the molecule is COc1ccc2nccc([C@@H](O)CN3CCC(CO)(NCc4cc5ccccc5o4)CC3)c2c1.O=C(O)C(=O)O. The zero-order valence-electron chi connectivity index (χ0n) is 22.1. The molecule has 0 aliphatic carbocycles. The molecule has 5 rings (SSSR count). The summed E-state index contributed by atoms with van der Waals surface area (Å²) in [5.41, 5.74) is 2.22. The van der Waals surface area contributed by atoms with Crippen LogP contribution in [0.3, 0.4) is 0 Å². The van der Waals surface area contributed by atoms with Gasteiger partial charge in [-0.2, -0.15) is 0 Å². The van der Waals surface area contributed by atoms with Crippen molar-refractivity contribution in [1.82, 2.24) is 15.2 Å². The highest BCUT2D eigenvalue weighted by atomic mass is 16.5. The van der Waals surface area contributed by atoms with Gasteiger partial charge in [0.1, 0.15) is 17.1 Å². The number of hydrogen-bond donors (Lipinski definition) is 5. The van der Waals surface area contributed by atoms with Crippen molar-refractivity contribution in [2.24, 2.45) is 0 Å². The third-order valence-electron chi connectivity index (χ3n) is 7.19. The number of aliphatic carboxylic acids is 2. The van der Waals surface area contributed by atoms with E-state index in [0.717, 1.165) is 64.9 Å². The van der Waals surface area contributed by atoms with Gasteiger partial charge in [-0.15, -0.1) is 0 Å². The minimum atomic E-state index is -1.82. The van der Waals surface area contributed by atoms with E-state index in [0.29, 0.717) is 13.1 Å². The van der Waals surface area contributed by atoms with E-state index in [1.807, 2.05) is 54.6 Å². The summed E-state index contributed by atoms with van der Waals surface area (Å²) in [6, 6.07) is 17.6. The highest BCUT2D eigenvalue weighted by Crippen LogP contribution is 2.29. The van der Waals surface area contributed by atoms with E-state index in [4.69, 9.17) is 29.0 Å². The van der Waals surface area contributed by atoms with Gasteiger partial charge in [-0.3, -0.25) is 4.98 Å². The summed E-state index contributed by atoms with van der Waals surface area (Å²) in [5, 5.41) is 41.6. The van der Waals surface area contributed by atoms with E-state index in [1.54, 1.807) is 13.3 Å². The van der Waals surface area contributed by atoms with Crippen LogP contribution in [0, 0.1) is 0 Å². The van der Waals surface area contributed by atoms with Gasteiger partial charge in [0.05, 0.1) is 31.9 Å². The summed E-state index contributed by atoms with van der Waals surface area (Å²) >= 11 is 0. The molecule has 0 amide bonds. The van der Waals surface area contributed by atoms with Gasteiger partial charge in [-0.1, -0.05) is 18.2 Å². The fourth-order valence-corrected chi connectivity index (χ4v) is 4.86. The number of β-amino-alcohol motifs (C(OH)–C–C–N with tert-alkyl or cyclic N) is 1. The maximum atomic E-state index is 11.1. The topological polar surface area (TPSA) is 166 Å². The van der Waals surface area contributed by atoms with Crippen LogP contribution in [0.5, 0.6) is 5.75 Å². The lowest BCUT2D eigenvalue weighted by Crippen LogP contribution is -2.55. The molecule has 1 aliphatic rings. The Morgan fingerprint density at radius 1 is 1.10 bits per heavy atom. The molecule has 1 saturated heterocycles. The van der Waals surface area contributed by atoms with E-state index >= 15 is 0 Å². The number of ether oxygens (including phenoxy) is 1. The second-order valence-electron chi connectivity index (χ2n) is 9.75. The molecule has 1 aliphatic heterocycles. The number of rotatable bonds is 8. The van der Waals surface area contributed by atoms with Gasteiger partial charge >= 0.3 is 11.9 Å². The number of furan rings is 1. The van der Waals surface area contributed by atoms with Gasteiger partial charge < -0.3 is 39.8 Å². The molecular formula is C29H33N3O8. The average molecular weight is 552 g/mol. The minimum Gasteiger partial charge on any atom is -0.497 e. The van der Waals surface area contributed by atoms with E-state index in [2.05, 4.69) is 15.2 Å². The molecule has 0 saturated carbocycles. The highest BCUT2D eigenvalue weighted by Gasteiger charge is 2.34. The van der Waals surface area contributed by atoms with Crippen LogP contribution in [0.1, 0.15) is 30.3 Å². The lowest BCUT2D eigenvalue weighted by atomic mass is 9.87. The molecular weight excluding hydrogens is 518 g/mol. The normalized spacial score (nSPS) is 15.8. The number of aliphatic hydroxyl groups is 2. The Labute approximate surface area is 230 Å². The van der Waals surface area contributed by atoms with Crippen LogP contribution in [0.25, 0.3) is 21.9 Å². The molecule has 3 heterocycles. The summed E-state index contributed by atoms with van der Waals surface area (Å²) in [7, 11) is 1.64. The molecule has 40 heavy (non-hydrogen) atoms. The van der Waals surface area contributed by atoms with E-state index < -0.39 is 18.0 Å². The maximum absolute atomic E-state index is 11.1. The van der Waals surface area contributed by atoms with Gasteiger partial charge in [0.2, 0.25) is 0 Å². The maximum Gasteiger partial charge on any atom is 0.414 e. The van der Waals surface area contributed by atoms with Gasteiger partial charge in [-0.25, -0.2) is 9.59 Å². The van der Waals surface area contributed by atoms with Crippen LogP contribution in [0.15, 0.2) is 65.2 Å². The Kier molecular flexibility index (Phi) is 9.33. The van der Waals surface area contributed by atoms with Crippen molar-refractivity contribution < 1.29 is 39.2 Å². The number of likely N-dealkylation sites (tertiary alicyclic amines) is 1. The van der Waals surface area contributed by atoms with Crippen molar-refractivity contribution in [2.45, 2.75) is 31.0 Å². The number of nitrogens with one attached hydrogen (secondary N) is 1. The Balaban J connectivity index is 0.000000557. The lowest BCUT2D eigenvalue weighted by Gasteiger charge is -2.42. The Morgan fingerprint density at radius 3 is 2.48 bits per heavy atom. The van der Waals surface area contributed by atoms with Crippen molar-refractivity contribution in [3.8, 4) is 5.75 Å². The number of carbonyl (C=O) groups is 2. The first kappa shape index (κ1) is 29.0. The number of hydrogen-bond acceptors (Lipinski definition) is 9. The highest BCUT2D eigenvalue weighted by molar-refractivity contribution is 6.27. The molecule has 0 radical (unpaired) electrons. The second-order valence-corrected chi connectivity index (χ2v) is 9.75. The number of fused-ring (bicyclic) bond motifs is 2. The number of aliphatic hydroxyl groups excluding tert-OH is 2. The molecule has 11 heteroatoms. The smallest absolute Gasteiger partial charge is 0.414 e. The first-order valence-electron chi connectivity index (χ1n) is 12.9. The number of carboxylic acids is 2. The third kappa shape index (κ3) is 6.93. The molecule has 0 spiro atoms. The van der Waals surface area contributed by atoms with Crippen LogP contribution in [-0.2, 0) is 16.1 Å². The predicted molar refractivity (Wildman–Crippen MR) is 147 cm³/mol. The number of aromatic nitrogens is 1. The summed E-state index contributed by atoms with van der Waals surface area (Å²) in [5.74, 6) is -2.04. The summed E-state index contributed by atoms with van der Waals surface area (Å²) < 4.78 is 11.3. The fourth-order valence-electron chi connectivity index (χ4n) is 4.86. The molecule has 11 nitrogen and oxygen atoms in total. The predicted octanol–water partition coefficient (Wildman–Crippen LogP) is 2.80. The summed E-state index contributed by atoms with van der Waals surface area (Å²) in [6.45, 7) is 2.75. The minimum absolute atomic E-state index is 0.0679. The van der Waals surface area contributed by atoms with E-state index in [-0.39, 0.29) is 12.1 Å². The third-order valence-corrected chi connectivity index (χ3v) is 7.19. The number of pyridine rings is 1. The molecule has 2 aromatic heterocycles. The Morgan fingerprint density at radius 2 is 1.82 bits per heavy atom. The van der Waals surface area contributed by atoms with Gasteiger partial charge in [0, 0.05) is 42.1 Å². The molecule has 212 valence electrons. The van der Waals surface area contributed by atoms with Gasteiger partial charge in [0.25, 0.3) is 0 Å². The number of nitrogens with zero attached hydrogens (tertiary/aromatic N) is 2. The largest absolute Gasteiger partial charge is 0.497 e. The number of para-hydroxylation sites is 1. The zero-order chi connectivity index (χ0) is 28.7. The monoisotopic (exact) mass is 551 g/mol.